The molecule has 0 bridgehead atoms. The summed E-state index contributed by atoms with van der Waals surface area (Å²) in [6, 6.07) is 11.7. The maximum Gasteiger partial charge on any atom is 0.416 e. The molecule has 3 heterocycles. The molecule has 10 heteroatoms. The molecule has 4 rings (SSSR count). The van der Waals surface area contributed by atoms with Crippen LogP contribution in [0.2, 0.25) is 0 Å². The first-order chi connectivity index (χ1) is 14.4. The van der Waals surface area contributed by atoms with Gasteiger partial charge in [-0.2, -0.15) is 13.2 Å². The monoisotopic (exact) mass is 416 g/mol. The molecule has 1 fully saturated rings. The predicted octanol–water partition coefficient (Wildman–Crippen LogP) is 3.64. The third-order valence-corrected chi connectivity index (χ3v) is 4.84. The number of nitrogens with one attached hydrogen (secondary N) is 1. The van der Waals surface area contributed by atoms with E-state index in [1.54, 1.807) is 4.90 Å². The fourth-order valence-electron chi connectivity index (χ4n) is 3.23. The first-order valence-corrected chi connectivity index (χ1v) is 9.35. The molecule has 2 aromatic heterocycles. The second kappa shape index (κ2) is 8.05. The Kier molecular flexibility index (Phi) is 5.30. The van der Waals surface area contributed by atoms with Crippen LogP contribution in [0, 0.1) is 0 Å². The largest absolute Gasteiger partial charge is 0.416 e. The molecular weight excluding hydrogens is 397 g/mol. The van der Waals surface area contributed by atoms with E-state index in [9.17, 15) is 18.0 Å². The fraction of sp³-hybridized carbons (Fsp3) is 0.250. The van der Waals surface area contributed by atoms with Crippen LogP contribution in [-0.4, -0.2) is 51.9 Å². The molecule has 30 heavy (non-hydrogen) atoms. The highest BCUT2D eigenvalue weighted by Crippen LogP contribution is 2.30. The van der Waals surface area contributed by atoms with Crippen LogP contribution in [0.4, 0.5) is 29.5 Å². The van der Waals surface area contributed by atoms with Crippen LogP contribution >= 0.6 is 0 Å². The lowest BCUT2D eigenvalue weighted by atomic mass is 10.2. The van der Waals surface area contributed by atoms with Crippen molar-refractivity contribution < 1.29 is 18.0 Å². The van der Waals surface area contributed by atoms with E-state index in [0.29, 0.717) is 37.8 Å². The highest BCUT2D eigenvalue weighted by Gasteiger charge is 2.30. The zero-order valence-electron chi connectivity index (χ0n) is 15.9. The SMILES string of the molecule is O=C(Nc1cccc(C(F)(F)F)c1)N1CCN(c2ccc(-n3cccc3)nn2)CC1. The zero-order valence-corrected chi connectivity index (χ0v) is 15.9. The minimum absolute atomic E-state index is 0.115. The first kappa shape index (κ1) is 19.7. The lowest BCUT2D eigenvalue weighted by Gasteiger charge is -2.35. The molecule has 1 aromatic carbocycles. The van der Waals surface area contributed by atoms with Gasteiger partial charge in [0.15, 0.2) is 11.6 Å². The summed E-state index contributed by atoms with van der Waals surface area (Å²) in [7, 11) is 0. The van der Waals surface area contributed by atoms with Crippen LogP contribution in [0.15, 0.2) is 60.9 Å². The van der Waals surface area contributed by atoms with Crippen molar-refractivity contribution in [3.63, 3.8) is 0 Å². The van der Waals surface area contributed by atoms with E-state index in [2.05, 4.69) is 15.5 Å². The molecule has 0 spiro atoms. The van der Waals surface area contributed by atoms with Gasteiger partial charge >= 0.3 is 12.2 Å². The van der Waals surface area contributed by atoms with Gasteiger partial charge in [-0.25, -0.2) is 4.79 Å². The first-order valence-electron chi connectivity index (χ1n) is 9.35. The summed E-state index contributed by atoms with van der Waals surface area (Å²) < 4.78 is 40.3. The highest BCUT2D eigenvalue weighted by atomic mass is 19.4. The number of rotatable bonds is 3. The van der Waals surface area contributed by atoms with E-state index >= 15 is 0 Å². The molecule has 3 aromatic rings. The number of hydrogen-bond donors (Lipinski definition) is 1. The molecule has 1 saturated heterocycles. The number of piperazine rings is 1. The second-order valence-electron chi connectivity index (χ2n) is 6.82. The van der Waals surface area contributed by atoms with Gasteiger partial charge in [0.1, 0.15) is 0 Å². The maximum atomic E-state index is 12.8. The third-order valence-electron chi connectivity index (χ3n) is 4.84. The topological polar surface area (TPSA) is 66.3 Å². The Morgan fingerprint density at radius 2 is 1.57 bits per heavy atom. The molecule has 7 nitrogen and oxygen atoms in total. The van der Waals surface area contributed by atoms with Crippen molar-refractivity contribution in [2.24, 2.45) is 0 Å². The van der Waals surface area contributed by atoms with Crippen molar-refractivity contribution in [3.05, 3.63) is 66.5 Å². The van der Waals surface area contributed by atoms with E-state index < -0.39 is 17.8 Å². The van der Waals surface area contributed by atoms with Gasteiger partial charge in [0.25, 0.3) is 0 Å². The van der Waals surface area contributed by atoms with Gasteiger partial charge in [-0.3, -0.25) is 0 Å². The molecule has 0 aliphatic carbocycles. The number of anilines is 2. The minimum atomic E-state index is -4.45. The third kappa shape index (κ3) is 4.37. The number of aromatic nitrogens is 3. The molecule has 156 valence electrons. The molecule has 1 aliphatic heterocycles. The molecular formula is C20H19F3N6O. The van der Waals surface area contributed by atoms with Crippen LogP contribution in [0.3, 0.4) is 0 Å². The number of benzene rings is 1. The van der Waals surface area contributed by atoms with E-state index in [1.807, 2.05) is 46.1 Å². The molecule has 0 unspecified atom stereocenters. The van der Waals surface area contributed by atoms with Gasteiger partial charge in [0.05, 0.1) is 5.56 Å². The van der Waals surface area contributed by atoms with E-state index in [0.717, 1.165) is 12.1 Å². The highest BCUT2D eigenvalue weighted by molar-refractivity contribution is 5.89. The summed E-state index contributed by atoms with van der Waals surface area (Å²) in [5, 5.41) is 11.0. The number of urea groups is 1. The van der Waals surface area contributed by atoms with Crippen molar-refractivity contribution in [3.8, 4) is 5.82 Å². The summed E-state index contributed by atoms with van der Waals surface area (Å²) in [4.78, 5) is 16.0. The quantitative estimate of drug-likeness (QED) is 0.708. The van der Waals surface area contributed by atoms with E-state index in [1.165, 1.54) is 12.1 Å². The molecule has 1 N–H and O–H groups in total. The summed E-state index contributed by atoms with van der Waals surface area (Å²) in [6.45, 7) is 1.94. The summed E-state index contributed by atoms with van der Waals surface area (Å²) >= 11 is 0. The zero-order chi connectivity index (χ0) is 21.1. The van der Waals surface area contributed by atoms with Crippen molar-refractivity contribution >= 4 is 17.5 Å². The lowest BCUT2D eigenvalue weighted by molar-refractivity contribution is -0.137. The summed E-state index contributed by atoms with van der Waals surface area (Å²) in [5.74, 6) is 1.42. The van der Waals surface area contributed by atoms with Crippen LogP contribution in [0.5, 0.6) is 0 Å². The van der Waals surface area contributed by atoms with Gasteiger partial charge in [0, 0.05) is 44.3 Å². The molecule has 2 amide bonds. The Hall–Kier alpha value is -3.56. The molecule has 0 saturated carbocycles. The Balaban J connectivity index is 1.33. The van der Waals surface area contributed by atoms with Gasteiger partial charge in [-0.1, -0.05) is 6.07 Å². The number of carbonyl (C=O) groups is 1. The van der Waals surface area contributed by atoms with E-state index in [-0.39, 0.29) is 5.69 Å². The fourth-order valence-corrected chi connectivity index (χ4v) is 3.23. The van der Waals surface area contributed by atoms with Crippen LogP contribution in [0.25, 0.3) is 5.82 Å². The number of halogens is 3. The van der Waals surface area contributed by atoms with Crippen molar-refractivity contribution in [1.82, 2.24) is 19.7 Å². The second-order valence-corrected chi connectivity index (χ2v) is 6.82. The van der Waals surface area contributed by atoms with Gasteiger partial charge in [0.2, 0.25) is 0 Å². The molecule has 0 radical (unpaired) electrons. The standard InChI is InChI=1S/C20H19F3N6O/c21-20(22,23)15-4-3-5-16(14-15)24-19(30)29-12-10-28(11-13-29)18-7-6-17(25-26-18)27-8-1-2-9-27/h1-9,14H,10-13H2,(H,24,30). The Morgan fingerprint density at radius 1 is 0.900 bits per heavy atom. The average molecular weight is 416 g/mol. The van der Waals surface area contributed by atoms with Crippen molar-refractivity contribution in [1.29, 1.82) is 0 Å². The Labute approximate surface area is 170 Å². The summed E-state index contributed by atoms with van der Waals surface area (Å²) in [6.07, 6.45) is -0.693. The maximum absolute atomic E-state index is 12.8. The molecule has 0 atom stereocenters. The smallest absolute Gasteiger partial charge is 0.352 e. The predicted molar refractivity (Wildman–Crippen MR) is 106 cm³/mol. The Bertz CT molecular complexity index is 996. The number of carbonyl (C=O) groups excluding carboxylic acids is 1. The van der Waals surface area contributed by atoms with Gasteiger partial charge in [-0.05, 0) is 42.5 Å². The van der Waals surface area contributed by atoms with Crippen molar-refractivity contribution in [2.75, 3.05) is 36.4 Å². The Morgan fingerprint density at radius 3 is 2.20 bits per heavy atom. The lowest BCUT2D eigenvalue weighted by Crippen LogP contribution is -2.50. The van der Waals surface area contributed by atoms with Crippen LogP contribution in [-0.2, 0) is 6.18 Å². The van der Waals surface area contributed by atoms with Crippen LogP contribution < -0.4 is 10.2 Å². The average Bonchev–Trinajstić information content (AvgIpc) is 3.28. The normalized spacial score (nSPS) is 14.6. The number of alkyl halides is 3. The van der Waals surface area contributed by atoms with Crippen molar-refractivity contribution in [2.45, 2.75) is 6.18 Å². The number of nitrogens with zero attached hydrogens (tertiary/aromatic N) is 5. The van der Waals surface area contributed by atoms with Crippen LogP contribution in [0.1, 0.15) is 5.56 Å². The summed E-state index contributed by atoms with van der Waals surface area (Å²) in [5.41, 5.74) is -0.684. The van der Waals surface area contributed by atoms with Gasteiger partial charge in [-0.15, -0.1) is 10.2 Å². The minimum Gasteiger partial charge on any atom is -0.352 e. The molecule has 1 aliphatic rings. The van der Waals surface area contributed by atoms with E-state index in [4.69, 9.17) is 0 Å². The van der Waals surface area contributed by atoms with Gasteiger partial charge < -0.3 is 19.7 Å². The number of hydrogen-bond acceptors (Lipinski definition) is 4. The number of amides is 2.